The van der Waals surface area contributed by atoms with Gasteiger partial charge in [-0.2, -0.15) is 4.31 Å². The van der Waals surface area contributed by atoms with Crippen LogP contribution < -0.4 is 0 Å². The number of carbonyl (C=O) groups is 1. The zero-order valence-corrected chi connectivity index (χ0v) is 11.4. The van der Waals surface area contributed by atoms with Gasteiger partial charge >= 0.3 is 5.97 Å². The SMILES string of the molecule is O=C(O)c1cc(S(=O)(=O)N2CCCOC2)ccc1Cl. The molecule has 0 aromatic heterocycles. The molecule has 1 fully saturated rings. The van der Waals surface area contributed by atoms with Gasteiger partial charge in [-0.25, -0.2) is 13.2 Å². The Bertz CT molecular complexity index is 595. The molecule has 0 aliphatic carbocycles. The molecule has 1 heterocycles. The standard InChI is InChI=1S/C11H12ClNO5S/c12-10-3-2-8(6-9(10)11(14)15)19(16,17)13-4-1-5-18-7-13/h2-3,6H,1,4-5,7H2,(H,14,15). The van der Waals surface area contributed by atoms with Crippen LogP contribution >= 0.6 is 11.6 Å². The molecule has 2 rings (SSSR count). The predicted molar refractivity (Wildman–Crippen MR) is 67.7 cm³/mol. The molecule has 0 saturated carbocycles. The van der Waals surface area contributed by atoms with Crippen molar-refractivity contribution in [2.45, 2.75) is 11.3 Å². The minimum absolute atomic E-state index is 0.00124. The van der Waals surface area contributed by atoms with Crippen LogP contribution in [-0.4, -0.2) is 43.7 Å². The van der Waals surface area contributed by atoms with E-state index in [-0.39, 0.29) is 22.2 Å². The molecular formula is C11H12ClNO5S. The lowest BCUT2D eigenvalue weighted by molar-refractivity contribution is 0.0313. The predicted octanol–water partition coefficient (Wildman–Crippen LogP) is 1.41. The summed E-state index contributed by atoms with van der Waals surface area (Å²) in [5, 5.41) is 8.95. The summed E-state index contributed by atoms with van der Waals surface area (Å²) in [7, 11) is -3.75. The van der Waals surface area contributed by atoms with Crippen molar-refractivity contribution in [2.24, 2.45) is 0 Å². The first-order valence-corrected chi connectivity index (χ1v) is 7.35. The van der Waals surface area contributed by atoms with Crippen LogP contribution in [0.1, 0.15) is 16.8 Å². The fourth-order valence-corrected chi connectivity index (χ4v) is 3.33. The second-order valence-corrected chi connectivity index (χ2v) is 6.36. The highest BCUT2D eigenvalue weighted by atomic mass is 35.5. The highest BCUT2D eigenvalue weighted by molar-refractivity contribution is 7.89. The summed E-state index contributed by atoms with van der Waals surface area (Å²) in [6.45, 7) is 0.855. The Hall–Kier alpha value is -1.15. The van der Waals surface area contributed by atoms with E-state index < -0.39 is 16.0 Å². The van der Waals surface area contributed by atoms with Crippen LogP contribution in [-0.2, 0) is 14.8 Å². The van der Waals surface area contributed by atoms with Crippen molar-refractivity contribution in [1.29, 1.82) is 0 Å². The normalized spacial score (nSPS) is 17.3. The molecule has 0 radical (unpaired) electrons. The molecular weight excluding hydrogens is 294 g/mol. The van der Waals surface area contributed by atoms with Crippen LogP contribution in [0.25, 0.3) is 0 Å². The van der Waals surface area contributed by atoms with Crippen molar-refractivity contribution in [1.82, 2.24) is 4.31 Å². The third-order valence-corrected chi connectivity index (χ3v) is 4.88. The minimum Gasteiger partial charge on any atom is -0.478 e. The van der Waals surface area contributed by atoms with E-state index in [1.807, 2.05) is 0 Å². The van der Waals surface area contributed by atoms with Crippen molar-refractivity contribution in [3.05, 3.63) is 28.8 Å². The lowest BCUT2D eigenvalue weighted by Crippen LogP contribution is -2.38. The molecule has 1 aromatic rings. The number of ether oxygens (including phenoxy) is 1. The van der Waals surface area contributed by atoms with Gasteiger partial charge in [0.15, 0.2) is 0 Å². The van der Waals surface area contributed by atoms with E-state index in [2.05, 4.69) is 0 Å². The van der Waals surface area contributed by atoms with Gasteiger partial charge in [-0.1, -0.05) is 11.6 Å². The van der Waals surface area contributed by atoms with Crippen LogP contribution in [0.5, 0.6) is 0 Å². The number of nitrogens with zero attached hydrogens (tertiary/aromatic N) is 1. The largest absolute Gasteiger partial charge is 0.478 e. The van der Waals surface area contributed by atoms with Crippen molar-refractivity contribution in [2.75, 3.05) is 19.9 Å². The van der Waals surface area contributed by atoms with Gasteiger partial charge in [0.05, 0.1) is 15.5 Å². The fraction of sp³-hybridized carbons (Fsp3) is 0.364. The van der Waals surface area contributed by atoms with Crippen LogP contribution in [0, 0.1) is 0 Å². The van der Waals surface area contributed by atoms with Crippen molar-refractivity contribution < 1.29 is 23.1 Å². The summed E-state index contributed by atoms with van der Waals surface area (Å²) in [4.78, 5) is 10.9. The number of sulfonamides is 1. The number of halogens is 1. The average molecular weight is 306 g/mol. The first-order chi connectivity index (χ1) is 8.93. The third kappa shape index (κ3) is 2.89. The number of hydrogen-bond donors (Lipinski definition) is 1. The number of rotatable bonds is 3. The monoisotopic (exact) mass is 305 g/mol. The first kappa shape index (κ1) is 14.3. The number of carboxylic acid groups (broad SMARTS) is 1. The molecule has 1 aliphatic rings. The van der Waals surface area contributed by atoms with E-state index in [0.29, 0.717) is 19.6 Å². The Balaban J connectivity index is 2.40. The van der Waals surface area contributed by atoms with E-state index in [4.69, 9.17) is 21.4 Å². The second kappa shape index (κ2) is 5.46. The van der Waals surface area contributed by atoms with E-state index >= 15 is 0 Å². The highest BCUT2D eigenvalue weighted by Gasteiger charge is 2.27. The van der Waals surface area contributed by atoms with E-state index in [0.717, 1.165) is 6.07 Å². The molecule has 6 nitrogen and oxygen atoms in total. The summed E-state index contributed by atoms with van der Waals surface area (Å²) in [6, 6.07) is 3.62. The molecule has 19 heavy (non-hydrogen) atoms. The molecule has 0 unspecified atom stereocenters. The number of aromatic carboxylic acids is 1. The van der Waals surface area contributed by atoms with Gasteiger partial charge in [-0.05, 0) is 24.6 Å². The molecule has 1 aliphatic heterocycles. The van der Waals surface area contributed by atoms with Crippen LogP contribution in [0.2, 0.25) is 5.02 Å². The van der Waals surface area contributed by atoms with Crippen molar-refractivity contribution >= 4 is 27.6 Å². The first-order valence-electron chi connectivity index (χ1n) is 5.53. The van der Waals surface area contributed by atoms with Gasteiger partial charge in [0, 0.05) is 13.2 Å². The summed E-state index contributed by atoms with van der Waals surface area (Å²) >= 11 is 5.71. The molecule has 1 saturated heterocycles. The van der Waals surface area contributed by atoms with Gasteiger partial charge in [0.1, 0.15) is 6.73 Å². The van der Waals surface area contributed by atoms with E-state index in [9.17, 15) is 13.2 Å². The number of hydrogen-bond acceptors (Lipinski definition) is 4. The molecule has 0 spiro atoms. The maximum Gasteiger partial charge on any atom is 0.337 e. The molecule has 104 valence electrons. The molecule has 1 aromatic carbocycles. The fourth-order valence-electron chi connectivity index (χ4n) is 1.74. The summed E-state index contributed by atoms with van der Waals surface area (Å²) in [5.74, 6) is -1.27. The van der Waals surface area contributed by atoms with E-state index in [1.165, 1.54) is 16.4 Å². The van der Waals surface area contributed by atoms with E-state index in [1.54, 1.807) is 0 Å². The van der Waals surface area contributed by atoms with Crippen LogP contribution in [0.3, 0.4) is 0 Å². The molecule has 8 heteroatoms. The Labute approximate surface area is 115 Å². The Morgan fingerprint density at radius 3 is 2.74 bits per heavy atom. The Morgan fingerprint density at radius 1 is 1.42 bits per heavy atom. The van der Waals surface area contributed by atoms with Gasteiger partial charge < -0.3 is 9.84 Å². The van der Waals surface area contributed by atoms with Gasteiger partial charge in [0.2, 0.25) is 10.0 Å². The summed E-state index contributed by atoms with van der Waals surface area (Å²) in [6.07, 6.45) is 0.610. The van der Waals surface area contributed by atoms with Crippen LogP contribution in [0.15, 0.2) is 23.1 Å². The third-order valence-electron chi connectivity index (χ3n) is 2.74. The molecule has 0 bridgehead atoms. The Kier molecular flexibility index (Phi) is 4.10. The molecule has 0 atom stereocenters. The van der Waals surface area contributed by atoms with Crippen LogP contribution in [0.4, 0.5) is 0 Å². The average Bonchev–Trinajstić information content (AvgIpc) is 2.39. The zero-order valence-electron chi connectivity index (χ0n) is 9.87. The summed E-state index contributed by atoms with van der Waals surface area (Å²) < 4.78 is 30.8. The maximum absolute atomic E-state index is 12.3. The lowest BCUT2D eigenvalue weighted by Gasteiger charge is -2.26. The van der Waals surface area contributed by atoms with Gasteiger partial charge in [-0.3, -0.25) is 0 Å². The van der Waals surface area contributed by atoms with Gasteiger partial charge in [-0.15, -0.1) is 0 Å². The quantitative estimate of drug-likeness (QED) is 0.912. The van der Waals surface area contributed by atoms with Gasteiger partial charge in [0.25, 0.3) is 0 Å². The Morgan fingerprint density at radius 2 is 2.16 bits per heavy atom. The maximum atomic E-state index is 12.3. The molecule has 0 amide bonds. The highest BCUT2D eigenvalue weighted by Crippen LogP contribution is 2.24. The second-order valence-electron chi connectivity index (χ2n) is 4.02. The molecule has 1 N–H and O–H groups in total. The lowest BCUT2D eigenvalue weighted by atomic mass is 10.2. The topological polar surface area (TPSA) is 83.9 Å². The number of benzene rings is 1. The van der Waals surface area contributed by atoms with Crippen molar-refractivity contribution in [3.8, 4) is 0 Å². The zero-order chi connectivity index (χ0) is 14.0. The minimum atomic E-state index is -3.75. The number of carboxylic acids is 1. The van der Waals surface area contributed by atoms with Crippen molar-refractivity contribution in [3.63, 3.8) is 0 Å². The summed E-state index contributed by atoms with van der Waals surface area (Å²) in [5.41, 5.74) is -0.235. The smallest absolute Gasteiger partial charge is 0.337 e.